The van der Waals surface area contributed by atoms with Crippen LogP contribution in [0.1, 0.15) is 69.9 Å². The number of piperidine rings is 3. The smallest absolute Gasteiger partial charge is 0.410 e. The van der Waals surface area contributed by atoms with Crippen LogP contribution < -0.4 is 10.8 Å². The average Bonchev–Trinajstić information content (AvgIpc) is 3.33. The summed E-state index contributed by atoms with van der Waals surface area (Å²) in [6, 6.07) is 12.4. The largest absolute Gasteiger partial charge is 0.509 e. The summed E-state index contributed by atoms with van der Waals surface area (Å²) in [7, 11) is 2.69. The molecule has 2 aromatic carbocycles. The average molecular weight is 734 g/mol. The highest BCUT2D eigenvalue weighted by molar-refractivity contribution is 7.89. The molecule has 0 aliphatic carbocycles. The second-order valence-corrected chi connectivity index (χ2v) is 17.2. The van der Waals surface area contributed by atoms with Crippen LogP contribution in [-0.4, -0.2) is 122 Å². The van der Waals surface area contributed by atoms with Crippen molar-refractivity contribution in [2.45, 2.75) is 89.0 Å². The molecule has 0 spiro atoms. The number of nitrogens with one attached hydrogen (secondary N) is 1. The van der Waals surface area contributed by atoms with Crippen molar-refractivity contribution in [2.24, 2.45) is 11.8 Å². The van der Waals surface area contributed by atoms with Crippen LogP contribution >= 0.6 is 0 Å². The zero-order chi connectivity index (χ0) is 37.0. The molecule has 2 N–H and O–H groups in total. The Morgan fingerprint density at radius 3 is 2.21 bits per heavy atom. The maximum absolute atomic E-state index is 14.0. The summed E-state index contributed by atoms with van der Waals surface area (Å²) in [5, 5.41) is 12.6. The van der Waals surface area contributed by atoms with Gasteiger partial charge in [0.2, 0.25) is 10.0 Å². The highest BCUT2D eigenvalue weighted by atomic mass is 32.2. The number of ether oxygens (including phenoxy) is 1. The summed E-state index contributed by atoms with van der Waals surface area (Å²) in [5.74, 6) is 0.493. The van der Waals surface area contributed by atoms with Crippen molar-refractivity contribution in [3.8, 4) is 5.75 Å². The minimum absolute atomic E-state index is 0.0198. The number of phenols is 1. The Labute approximate surface area is 309 Å². The maximum atomic E-state index is 14.0. The minimum atomic E-state index is -3.27. The van der Waals surface area contributed by atoms with Crippen LogP contribution in [-0.2, 0) is 32.4 Å². The van der Waals surface area contributed by atoms with Gasteiger partial charge in [-0.25, -0.2) is 22.3 Å². The molecule has 0 bridgehead atoms. The van der Waals surface area contributed by atoms with Crippen molar-refractivity contribution >= 4 is 47.1 Å². The van der Waals surface area contributed by atoms with E-state index in [0.717, 1.165) is 43.4 Å². The molecule has 2 atom stereocenters. The maximum Gasteiger partial charge on any atom is 0.410 e. The molecule has 2 radical (unpaired) electrons. The topological polar surface area (TPSA) is 140 Å². The summed E-state index contributed by atoms with van der Waals surface area (Å²) in [6.45, 7) is 7.22. The number of urea groups is 1. The van der Waals surface area contributed by atoms with E-state index in [1.54, 1.807) is 33.2 Å². The van der Waals surface area contributed by atoms with Crippen molar-refractivity contribution in [3.05, 3.63) is 53.6 Å². The van der Waals surface area contributed by atoms with Crippen LogP contribution in [0.5, 0.6) is 5.75 Å². The molecule has 52 heavy (non-hydrogen) atoms. The fraction of sp³-hybridized carbons (Fsp3) is 0.605. The number of likely N-dealkylation sites (tertiary alicyclic amines) is 2. The van der Waals surface area contributed by atoms with E-state index >= 15 is 0 Å². The summed E-state index contributed by atoms with van der Waals surface area (Å²) >= 11 is 0. The Hall–Kier alpha value is -3.78. The molecule has 6 rings (SSSR count). The molecule has 12 nitrogen and oxygen atoms in total. The Kier molecular flexibility index (Phi) is 12.0. The molecule has 2 aromatic rings. The van der Waals surface area contributed by atoms with Crippen LogP contribution in [0.4, 0.5) is 15.3 Å². The number of nitrogens with zero attached hydrogens (tertiary/aromatic N) is 4. The molecular formula is C38H52BN5O7S. The van der Waals surface area contributed by atoms with Crippen LogP contribution in [0.3, 0.4) is 0 Å². The van der Waals surface area contributed by atoms with Gasteiger partial charge in [-0.15, -0.1) is 0 Å². The van der Waals surface area contributed by atoms with E-state index in [1.807, 2.05) is 36.1 Å². The number of carbonyl (C=O) groups excluding carboxylic acids is 3. The van der Waals surface area contributed by atoms with Crippen LogP contribution in [0.25, 0.3) is 0 Å². The van der Waals surface area contributed by atoms with E-state index in [4.69, 9.17) is 12.6 Å². The lowest BCUT2D eigenvalue weighted by molar-refractivity contribution is -0.142. The lowest BCUT2D eigenvalue weighted by atomic mass is 9.79. The first-order chi connectivity index (χ1) is 24.9. The molecule has 14 heteroatoms. The number of phenolic OH excluding ortho intramolecular Hbond substituents is 1. The zero-order valence-electron chi connectivity index (χ0n) is 30.4. The van der Waals surface area contributed by atoms with E-state index in [9.17, 15) is 27.9 Å². The Bertz CT molecular complexity index is 1700. The number of benzene rings is 2. The number of carbonyl (C=O) groups is 3. The van der Waals surface area contributed by atoms with Crippen LogP contribution in [0.15, 0.2) is 42.5 Å². The molecule has 1 unspecified atom stereocenters. The van der Waals surface area contributed by atoms with Gasteiger partial charge in [0.05, 0.1) is 5.25 Å². The lowest BCUT2D eigenvalue weighted by Gasteiger charge is -2.41. The van der Waals surface area contributed by atoms with E-state index in [1.165, 1.54) is 6.07 Å². The number of hydrogen-bond acceptors (Lipinski definition) is 7. The lowest BCUT2D eigenvalue weighted by Crippen LogP contribution is -2.52. The van der Waals surface area contributed by atoms with Crippen LogP contribution in [0.2, 0.25) is 0 Å². The number of hydrogen-bond donors (Lipinski definition) is 2. The van der Waals surface area contributed by atoms with Gasteiger partial charge in [0.25, 0.3) is 5.91 Å². The molecule has 0 saturated carbocycles. The summed E-state index contributed by atoms with van der Waals surface area (Å²) in [4.78, 5) is 46.0. The van der Waals surface area contributed by atoms with Crippen molar-refractivity contribution < 1.29 is 32.6 Å². The SMILES string of the molecule is [B]c1cc(C[C@@H](OC(=O)N2CCC(N3CCc4ccccc4NC3=O)CC2)C(=O)N2CCC(C3CCN(S(=O)(=O)C(C)CC)CC3)CC2)ccc1O. The molecule has 4 amide bonds. The first-order valence-electron chi connectivity index (χ1n) is 18.9. The van der Waals surface area contributed by atoms with Gasteiger partial charge in [0, 0.05) is 64.0 Å². The number of sulfonamides is 1. The Balaban J connectivity index is 1.04. The predicted octanol–water partition coefficient (Wildman–Crippen LogP) is 3.87. The van der Waals surface area contributed by atoms with Gasteiger partial charge in [-0.2, -0.15) is 0 Å². The first-order valence-corrected chi connectivity index (χ1v) is 20.4. The fourth-order valence-electron chi connectivity index (χ4n) is 8.28. The quantitative estimate of drug-likeness (QED) is 0.374. The van der Waals surface area contributed by atoms with Crippen molar-refractivity contribution in [1.82, 2.24) is 19.0 Å². The molecule has 280 valence electrons. The van der Waals surface area contributed by atoms with Crippen LogP contribution in [0, 0.1) is 11.8 Å². The van der Waals surface area contributed by atoms with Gasteiger partial charge >= 0.3 is 12.1 Å². The molecular weight excluding hydrogens is 681 g/mol. The van der Waals surface area contributed by atoms with Crippen molar-refractivity contribution in [1.29, 1.82) is 0 Å². The molecule has 3 saturated heterocycles. The highest BCUT2D eigenvalue weighted by Crippen LogP contribution is 2.34. The van der Waals surface area contributed by atoms with Gasteiger partial charge in [-0.1, -0.05) is 42.7 Å². The Morgan fingerprint density at radius 1 is 0.923 bits per heavy atom. The van der Waals surface area contributed by atoms with E-state index in [-0.39, 0.29) is 40.9 Å². The zero-order valence-corrected chi connectivity index (χ0v) is 31.2. The van der Waals surface area contributed by atoms with Gasteiger partial charge in [-0.3, -0.25) is 4.79 Å². The molecule has 0 aromatic heterocycles. The number of aromatic hydroxyl groups is 1. The normalized spacial score (nSPS) is 21.2. The van der Waals surface area contributed by atoms with Gasteiger partial charge in [0.15, 0.2) is 6.10 Å². The summed E-state index contributed by atoms with van der Waals surface area (Å²) in [6.07, 6.45) is 4.29. The third-order valence-electron chi connectivity index (χ3n) is 11.8. The fourth-order valence-corrected chi connectivity index (χ4v) is 9.93. The molecule has 3 fully saturated rings. The number of rotatable bonds is 9. The molecule has 4 heterocycles. The van der Waals surface area contributed by atoms with Crippen molar-refractivity contribution in [2.75, 3.05) is 51.1 Å². The van der Waals surface area contributed by atoms with Gasteiger partial charge in [0.1, 0.15) is 13.6 Å². The standard InChI is InChI=1S/C38H52BN5O7S/c1-3-26(2)52(49,50)43-21-12-29(13-22-43)28-10-17-41(18-11-28)36(46)35(25-27-8-9-34(45)32(39)24-27)51-38(48)42-19-15-31(16-20-42)44-23-14-30-6-4-5-7-33(30)40-37(44)47/h4-9,24,26,28-29,31,35,45H,3,10-23,25H2,1-2H3,(H,40,47)/t26?,35-/m1/s1. The Morgan fingerprint density at radius 2 is 1.56 bits per heavy atom. The number of para-hydroxylation sites is 1. The minimum Gasteiger partial charge on any atom is -0.509 e. The summed E-state index contributed by atoms with van der Waals surface area (Å²) < 4.78 is 33.4. The molecule has 4 aliphatic heterocycles. The van der Waals surface area contributed by atoms with Gasteiger partial charge < -0.3 is 29.9 Å². The second kappa shape index (κ2) is 16.5. The van der Waals surface area contributed by atoms with Gasteiger partial charge in [-0.05, 0) is 93.4 Å². The third-order valence-corrected chi connectivity index (χ3v) is 14.2. The first kappa shape index (κ1) is 38.0. The molecule has 4 aliphatic rings. The number of amides is 4. The summed E-state index contributed by atoms with van der Waals surface area (Å²) in [5.41, 5.74) is 2.79. The predicted molar refractivity (Wildman–Crippen MR) is 200 cm³/mol. The number of fused-ring (bicyclic) bond motifs is 1. The third kappa shape index (κ3) is 8.54. The van der Waals surface area contributed by atoms with E-state index in [0.29, 0.717) is 82.5 Å². The van der Waals surface area contributed by atoms with E-state index < -0.39 is 22.2 Å². The second-order valence-electron chi connectivity index (χ2n) is 14.9. The highest BCUT2D eigenvalue weighted by Gasteiger charge is 2.38. The number of anilines is 1. The van der Waals surface area contributed by atoms with E-state index in [2.05, 4.69) is 5.32 Å². The monoisotopic (exact) mass is 733 g/mol. The van der Waals surface area contributed by atoms with Crippen molar-refractivity contribution in [3.63, 3.8) is 0 Å².